The van der Waals surface area contributed by atoms with Gasteiger partial charge in [-0.05, 0) is 48.4 Å². The van der Waals surface area contributed by atoms with Gasteiger partial charge in [0.1, 0.15) is 0 Å². The highest BCUT2D eigenvalue weighted by Crippen LogP contribution is 2.30. The minimum Gasteiger partial charge on any atom is -0.493 e. The molecule has 6 nitrogen and oxygen atoms in total. The van der Waals surface area contributed by atoms with E-state index in [1.54, 1.807) is 24.3 Å². The molecule has 8 heteroatoms. The average Bonchev–Trinajstić information content (AvgIpc) is 2.79. The number of unbranched alkanes of at least 4 members (excludes halogenated alkanes) is 6. The number of esters is 1. The number of carbonyl (C=O) groups is 2. The lowest BCUT2D eigenvalue weighted by atomic mass is 10.1. The maximum atomic E-state index is 12.4. The molecule has 0 saturated heterocycles. The second-order valence-corrected chi connectivity index (χ2v) is 8.43. The van der Waals surface area contributed by atoms with E-state index in [1.165, 1.54) is 51.1 Å². The maximum absolute atomic E-state index is 12.4. The number of halogens is 2. The molecule has 0 fully saturated rings. The lowest BCUT2D eigenvalue weighted by Gasteiger charge is -2.10. The van der Waals surface area contributed by atoms with E-state index in [0.29, 0.717) is 22.8 Å². The first kappa shape index (κ1) is 26.7. The van der Waals surface area contributed by atoms with Gasteiger partial charge in [0.2, 0.25) is 5.91 Å². The van der Waals surface area contributed by atoms with Crippen LogP contribution in [-0.4, -0.2) is 25.2 Å². The molecule has 0 atom stereocenters. The Kier molecular flexibility index (Phi) is 11.8. The molecule has 1 amide bonds. The van der Waals surface area contributed by atoms with Gasteiger partial charge >= 0.3 is 5.97 Å². The fourth-order valence-electron chi connectivity index (χ4n) is 3.14. The van der Waals surface area contributed by atoms with Crippen LogP contribution in [0.1, 0.15) is 74.2 Å². The number of ether oxygens (including phenoxy) is 2. The van der Waals surface area contributed by atoms with Crippen molar-refractivity contribution < 1.29 is 19.1 Å². The predicted molar refractivity (Wildman–Crippen MR) is 133 cm³/mol. The molecule has 0 aliphatic rings. The Hall–Kier alpha value is -2.57. The zero-order chi connectivity index (χ0) is 24.1. The van der Waals surface area contributed by atoms with Crippen LogP contribution >= 0.6 is 23.2 Å². The number of rotatable bonds is 13. The highest BCUT2D eigenvalue weighted by Gasteiger charge is 2.16. The molecule has 33 heavy (non-hydrogen) atoms. The minimum absolute atomic E-state index is 0.114. The van der Waals surface area contributed by atoms with Crippen molar-refractivity contribution >= 4 is 41.3 Å². The molecule has 0 aliphatic heterocycles. The van der Waals surface area contributed by atoms with Crippen molar-refractivity contribution in [3.63, 3.8) is 0 Å². The maximum Gasteiger partial charge on any atom is 0.345 e. The van der Waals surface area contributed by atoms with Crippen LogP contribution in [0.5, 0.6) is 11.5 Å². The van der Waals surface area contributed by atoms with Crippen LogP contribution < -0.4 is 14.9 Å². The van der Waals surface area contributed by atoms with Crippen molar-refractivity contribution in [2.45, 2.75) is 58.3 Å². The van der Waals surface area contributed by atoms with Crippen molar-refractivity contribution in [2.24, 2.45) is 5.10 Å². The first-order chi connectivity index (χ1) is 15.9. The Morgan fingerprint density at radius 2 is 1.70 bits per heavy atom. The van der Waals surface area contributed by atoms with Gasteiger partial charge in [0.15, 0.2) is 11.5 Å². The van der Waals surface area contributed by atoms with Crippen molar-refractivity contribution in [3.8, 4) is 11.5 Å². The smallest absolute Gasteiger partial charge is 0.345 e. The monoisotopic (exact) mass is 492 g/mol. The van der Waals surface area contributed by atoms with Crippen LogP contribution in [0, 0.1) is 0 Å². The molecule has 1 N–H and O–H groups in total. The summed E-state index contributed by atoms with van der Waals surface area (Å²) in [7, 11) is 1.47. The third kappa shape index (κ3) is 9.44. The fraction of sp³-hybridized carbons (Fsp3) is 0.400. The van der Waals surface area contributed by atoms with Crippen molar-refractivity contribution in [1.29, 1.82) is 0 Å². The van der Waals surface area contributed by atoms with Gasteiger partial charge in [-0.3, -0.25) is 4.79 Å². The van der Waals surface area contributed by atoms with Crippen molar-refractivity contribution in [1.82, 2.24) is 5.43 Å². The zero-order valence-electron chi connectivity index (χ0n) is 19.0. The first-order valence-corrected chi connectivity index (χ1v) is 11.9. The number of methoxy groups -OCH3 is 1. The third-order valence-corrected chi connectivity index (χ3v) is 5.50. The molecule has 0 aliphatic carbocycles. The first-order valence-electron chi connectivity index (χ1n) is 11.1. The number of carbonyl (C=O) groups excluding carboxylic acids is 2. The third-order valence-electron chi connectivity index (χ3n) is 4.95. The summed E-state index contributed by atoms with van der Waals surface area (Å²) in [5, 5.41) is 4.62. The topological polar surface area (TPSA) is 77.0 Å². The highest BCUT2D eigenvalue weighted by molar-refractivity contribution is 6.36. The van der Waals surface area contributed by atoms with E-state index in [9.17, 15) is 9.59 Å². The number of hydrogen-bond acceptors (Lipinski definition) is 5. The summed E-state index contributed by atoms with van der Waals surface area (Å²) in [6, 6.07) is 9.46. The largest absolute Gasteiger partial charge is 0.493 e. The van der Waals surface area contributed by atoms with E-state index < -0.39 is 5.97 Å². The number of nitrogens with one attached hydrogen (secondary N) is 1. The molecule has 2 aromatic rings. The average molecular weight is 493 g/mol. The minimum atomic E-state index is -0.631. The summed E-state index contributed by atoms with van der Waals surface area (Å²) in [6.07, 6.45) is 10.1. The lowest BCUT2D eigenvalue weighted by molar-refractivity contribution is -0.121. The van der Waals surface area contributed by atoms with E-state index in [2.05, 4.69) is 17.5 Å². The molecule has 2 rings (SSSR count). The van der Waals surface area contributed by atoms with E-state index in [-0.39, 0.29) is 22.2 Å². The molecule has 178 valence electrons. The molecule has 0 spiro atoms. The van der Waals surface area contributed by atoms with Gasteiger partial charge in [0.25, 0.3) is 0 Å². The van der Waals surface area contributed by atoms with Gasteiger partial charge in [0.05, 0.1) is 23.9 Å². The second kappa shape index (κ2) is 14.6. The fourth-order valence-corrected chi connectivity index (χ4v) is 3.62. The van der Waals surface area contributed by atoms with Gasteiger partial charge in [-0.1, -0.05) is 68.7 Å². The molecule has 2 aromatic carbocycles. The summed E-state index contributed by atoms with van der Waals surface area (Å²) >= 11 is 11.9. The van der Waals surface area contributed by atoms with E-state index in [1.807, 2.05) is 0 Å². The molecular weight excluding hydrogens is 463 g/mol. The summed E-state index contributed by atoms with van der Waals surface area (Å²) < 4.78 is 10.7. The molecule has 0 aromatic heterocycles. The van der Waals surface area contributed by atoms with Gasteiger partial charge in [-0.25, -0.2) is 10.2 Å². The van der Waals surface area contributed by atoms with Crippen LogP contribution in [0.3, 0.4) is 0 Å². The molecule has 0 bridgehead atoms. The number of hydrazone groups is 1. The van der Waals surface area contributed by atoms with Crippen LogP contribution in [0.2, 0.25) is 10.0 Å². The SMILES string of the molecule is CCCCCCCCCC(=O)NN=Cc1ccc(OC(=O)c2ccc(Cl)cc2Cl)c(OC)c1. The summed E-state index contributed by atoms with van der Waals surface area (Å²) in [5.41, 5.74) is 3.40. The van der Waals surface area contributed by atoms with E-state index in [0.717, 1.165) is 19.3 Å². The second-order valence-electron chi connectivity index (χ2n) is 7.59. The summed E-state index contributed by atoms with van der Waals surface area (Å²) in [4.78, 5) is 24.4. The lowest BCUT2D eigenvalue weighted by Crippen LogP contribution is -2.16. The summed E-state index contributed by atoms with van der Waals surface area (Å²) in [5.74, 6) is -0.174. The predicted octanol–water partition coefficient (Wildman–Crippen LogP) is 6.81. The molecule has 0 unspecified atom stereocenters. The van der Waals surface area contributed by atoms with Gasteiger partial charge in [-0.15, -0.1) is 0 Å². The van der Waals surface area contributed by atoms with Crippen LogP contribution in [-0.2, 0) is 4.79 Å². The number of hydrogen-bond donors (Lipinski definition) is 1. The quantitative estimate of drug-likeness (QED) is 0.109. The Morgan fingerprint density at radius 1 is 0.970 bits per heavy atom. The van der Waals surface area contributed by atoms with Gasteiger partial charge < -0.3 is 9.47 Å². The van der Waals surface area contributed by atoms with Crippen molar-refractivity contribution in [2.75, 3.05) is 7.11 Å². The normalized spacial score (nSPS) is 10.9. The number of nitrogens with zero attached hydrogens (tertiary/aromatic N) is 1. The van der Waals surface area contributed by atoms with E-state index >= 15 is 0 Å². The Morgan fingerprint density at radius 3 is 2.39 bits per heavy atom. The Bertz CT molecular complexity index is 963. The van der Waals surface area contributed by atoms with Gasteiger partial charge in [-0.2, -0.15) is 5.10 Å². The molecule has 0 heterocycles. The van der Waals surface area contributed by atoms with Gasteiger partial charge in [0, 0.05) is 11.4 Å². The number of benzene rings is 2. The zero-order valence-corrected chi connectivity index (χ0v) is 20.5. The van der Waals surface area contributed by atoms with Crippen LogP contribution in [0.25, 0.3) is 0 Å². The molecule has 0 saturated carbocycles. The standard InChI is InChI=1S/C25H30Cl2N2O4/c1-3-4-5-6-7-8-9-10-24(30)29-28-17-18-11-14-22(23(15-18)32-2)33-25(31)20-13-12-19(26)16-21(20)27/h11-17H,3-10H2,1-2H3,(H,29,30). The molecule has 0 radical (unpaired) electrons. The van der Waals surface area contributed by atoms with Crippen LogP contribution in [0.15, 0.2) is 41.5 Å². The Labute approximate surface area is 205 Å². The van der Waals surface area contributed by atoms with Crippen LogP contribution in [0.4, 0.5) is 0 Å². The van der Waals surface area contributed by atoms with E-state index in [4.69, 9.17) is 32.7 Å². The summed E-state index contributed by atoms with van der Waals surface area (Å²) in [6.45, 7) is 2.20. The highest BCUT2D eigenvalue weighted by atomic mass is 35.5. The Balaban J connectivity index is 1.85. The number of amides is 1. The molecular formula is C25H30Cl2N2O4. The van der Waals surface area contributed by atoms with Crippen molar-refractivity contribution in [3.05, 3.63) is 57.6 Å².